The number of nitrogens with one attached hydrogen (secondary N) is 1. The fourth-order valence-corrected chi connectivity index (χ4v) is 2.54. The van der Waals surface area contributed by atoms with E-state index in [2.05, 4.69) is 24.4 Å². The van der Waals surface area contributed by atoms with Crippen LogP contribution in [-0.4, -0.2) is 44.3 Å². The summed E-state index contributed by atoms with van der Waals surface area (Å²) in [6, 6.07) is 6.67. The molecule has 0 saturated heterocycles. The molecule has 1 aromatic carbocycles. The van der Waals surface area contributed by atoms with E-state index in [9.17, 15) is 0 Å². The Bertz CT molecular complexity index is 432. The second-order valence-electron chi connectivity index (χ2n) is 5.46. The number of aliphatic hydroxyl groups excluding tert-OH is 1. The average molecular weight is 295 g/mol. The van der Waals surface area contributed by atoms with Gasteiger partial charge in [0.25, 0.3) is 0 Å². The zero-order valence-electron chi connectivity index (χ0n) is 12.8. The molecule has 2 rings (SSSR count). The van der Waals surface area contributed by atoms with Gasteiger partial charge in [0.1, 0.15) is 0 Å². The Kier molecular flexibility index (Phi) is 6.29. The molecule has 0 spiro atoms. The molecule has 2 atom stereocenters. The van der Waals surface area contributed by atoms with Crippen molar-refractivity contribution in [1.29, 1.82) is 0 Å². The number of benzene rings is 1. The molecule has 0 saturated carbocycles. The summed E-state index contributed by atoms with van der Waals surface area (Å²) in [6.45, 7) is 3.27. The third-order valence-corrected chi connectivity index (χ3v) is 3.67. The predicted octanol–water partition coefficient (Wildman–Crippen LogP) is 1.72. The number of hydrogen-bond donors (Lipinski definition) is 2. The van der Waals surface area contributed by atoms with E-state index < -0.39 is 0 Å². The second-order valence-corrected chi connectivity index (χ2v) is 5.46. The summed E-state index contributed by atoms with van der Waals surface area (Å²) in [7, 11) is 1.68. The normalized spacial score (nSPS) is 16.0. The molecule has 2 N–H and O–H groups in total. The molecule has 0 radical (unpaired) electrons. The minimum absolute atomic E-state index is 0.176. The number of rotatable bonds is 9. The van der Waals surface area contributed by atoms with Crippen molar-refractivity contribution in [2.75, 3.05) is 27.1 Å². The minimum atomic E-state index is 0.176. The number of methoxy groups -OCH3 is 1. The molecule has 5 heteroatoms. The first-order valence-corrected chi connectivity index (χ1v) is 7.47. The van der Waals surface area contributed by atoms with Crippen LogP contribution in [0.4, 0.5) is 0 Å². The Morgan fingerprint density at radius 2 is 2.10 bits per heavy atom. The highest BCUT2D eigenvalue weighted by molar-refractivity contribution is 5.44. The molecule has 1 aromatic rings. The summed E-state index contributed by atoms with van der Waals surface area (Å²) in [5.41, 5.74) is 1.25. The summed E-state index contributed by atoms with van der Waals surface area (Å²) in [5, 5.41) is 12.6. The van der Waals surface area contributed by atoms with Gasteiger partial charge in [-0.2, -0.15) is 0 Å². The quantitative estimate of drug-likeness (QED) is 0.726. The third-order valence-electron chi connectivity index (χ3n) is 3.67. The van der Waals surface area contributed by atoms with Crippen molar-refractivity contribution in [2.45, 2.75) is 38.3 Å². The molecule has 0 fully saturated rings. The van der Waals surface area contributed by atoms with Crippen LogP contribution >= 0.6 is 0 Å². The van der Waals surface area contributed by atoms with Crippen molar-refractivity contribution in [2.24, 2.45) is 0 Å². The van der Waals surface area contributed by atoms with Crippen LogP contribution < -0.4 is 14.8 Å². The summed E-state index contributed by atoms with van der Waals surface area (Å²) >= 11 is 0. The van der Waals surface area contributed by atoms with Gasteiger partial charge in [-0.15, -0.1) is 0 Å². The molecule has 1 aliphatic rings. The fourth-order valence-electron chi connectivity index (χ4n) is 2.54. The van der Waals surface area contributed by atoms with Gasteiger partial charge in [0.2, 0.25) is 6.79 Å². The number of fused-ring (bicyclic) bond motifs is 1. The molecule has 2 unspecified atom stereocenters. The van der Waals surface area contributed by atoms with Gasteiger partial charge in [0.15, 0.2) is 11.5 Å². The second kappa shape index (κ2) is 8.22. The Morgan fingerprint density at radius 1 is 1.29 bits per heavy atom. The Labute approximate surface area is 126 Å². The van der Waals surface area contributed by atoms with Crippen LogP contribution in [0.2, 0.25) is 0 Å². The molecule has 0 bridgehead atoms. The van der Waals surface area contributed by atoms with Crippen LogP contribution in [0.5, 0.6) is 11.5 Å². The van der Waals surface area contributed by atoms with Crippen molar-refractivity contribution in [1.82, 2.24) is 5.32 Å². The maximum Gasteiger partial charge on any atom is 0.231 e. The molecule has 5 nitrogen and oxygen atoms in total. The van der Waals surface area contributed by atoms with E-state index in [4.69, 9.17) is 19.3 Å². The van der Waals surface area contributed by atoms with Gasteiger partial charge in [-0.1, -0.05) is 6.07 Å². The molecule has 0 amide bonds. The van der Waals surface area contributed by atoms with Gasteiger partial charge in [-0.05, 0) is 43.9 Å². The Balaban J connectivity index is 1.79. The summed E-state index contributed by atoms with van der Waals surface area (Å²) in [6.07, 6.45) is 2.71. The number of hydrogen-bond acceptors (Lipinski definition) is 5. The first kappa shape index (κ1) is 16.1. The van der Waals surface area contributed by atoms with E-state index in [0.717, 1.165) is 24.3 Å². The van der Waals surface area contributed by atoms with Gasteiger partial charge < -0.3 is 24.6 Å². The van der Waals surface area contributed by atoms with Gasteiger partial charge in [-0.3, -0.25) is 0 Å². The fraction of sp³-hybridized carbons (Fsp3) is 0.625. The lowest BCUT2D eigenvalue weighted by atomic mass is 10.0. The van der Waals surface area contributed by atoms with Crippen LogP contribution in [0.1, 0.15) is 25.3 Å². The van der Waals surface area contributed by atoms with E-state index in [1.165, 1.54) is 5.56 Å². The van der Waals surface area contributed by atoms with E-state index >= 15 is 0 Å². The van der Waals surface area contributed by atoms with Crippen molar-refractivity contribution >= 4 is 0 Å². The molecule has 0 aliphatic carbocycles. The summed E-state index contributed by atoms with van der Waals surface area (Å²) in [4.78, 5) is 0. The molecule has 0 aromatic heterocycles. The van der Waals surface area contributed by atoms with Crippen LogP contribution in [0.15, 0.2) is 18.2 Å². The first-order chi connectivity index (χ1) is 10.2. The van der Waals surface area contributed by atoms with Crippen LogP contribution in [0, 0.1) is 0 Å². The zero-order valence-corrected chi connectivity index (χ0v) is 12.8. The lowest BCUT2D eigenvalue weighted by Crippen LogP contribution is -2.40. The van der Waals surface area contributed by atoms with Crippen LogP contribution in [-0.2, 0) is 11.2 Å². The van der Waals surface area contributed by atoms with E-state index in [1.807, 2.05) is 6.07 Å². The highest BCUT2D eigenvalue weighted by Gasteiger charge is 2.15. The van der Waals surface area contributed by atoms with E-state index in [-0.39, 0.29) is 12.6 Å². The molecular weight excluding hydrogens is 270 g/mol. The molecule has 21 heavy (non-hydrogen) atoms. The maximum absolute atomic E-state index is 9.05. The lowest BCUT2D eigenvalue weighted by Gasteiger charge is -2.22. The SMILES string of the molecule is COCC(CCO)NC(C)CCc1ccc2c(c1)OCO2. The van der Waals surface area contributed by atoms with Crippen LogP contribution in [0.25, 0.3) is 0 Å². The van der Waals surface area contributed by atoms with Gasteiger partial charge in [-0.25, -0.2) is 0 Å². The smallest absolute Gasteiger partial charge is 0.231 e. The molecule has 1 heterocycles. The van der Waals surface area contributed by atoms with Crippen LogP contribution in [0.3, 0.4) is 0 Å². The highest BCUT2D eigenvalue weighted by Crippen LogP contribution is 2.32. The van der Waals surface area contributed by atoms with Gasteiger partial charge in [0.05, 0.1) is 6.61 Å². The molecule has 1 aliphatic heterocycles. The van der Waals surface area contributed by atoms with Crippen molar-refractivity contribution in [3.8, 4) is 11.5 Å². The van der Waals surface area contributed by atoms with Gasteiger partial charge >= 0.3 is 0 Å². The lowest BCUT2D eigenvalue weighted by molar-refractivity contribution is 0.143. The predicted molar refractivity (Wildman–Crippen MR) is 80.9 cm³/mol. The van der Waals surface area contributed by atoms with Gasteiger partial charge in [0, 0.05) is 25.8 Å². The van der Waals surface area contributed by atoms with E-state index in [1.54, 1.807) is 7.11 Å². The van der Waals surface area contributed by atoms with E-state index in [0.29, 0.717) is 25.9 Å². The van der Waals surface area contributed by atoms with Crippen molar-refractivity contribution in [3.63, 3.8) is 0 Å². The first-order valence-electron chi connectivity index (χ1n) is 7.47. The monoisotopic (exact) mass is 295 g/mol. The maximum atomic E-state index is 9.05. The van der Waals surface area contributed by atoms with Crippen molar-refractivity contribution in [3.05, 3.63) is 23.8 Å². The Morgan fingerprint density at radius 3 is 2.86 bits per heavy atom. The topological polar surface area (TPSA) is 60.0 Å². The Hall–Kier alpha value is -1.30. The van der Waals surface area contributed by atoms with Crippen molar-refractivity contribution < 1.29 is 19.3 Å². The standard InChI is InChI=1S/C16H25NO4/c1-12(17-14(7-8-18)10-19-2)3-4-13-5-6-15-16(9-13)21-11-20-15/h5-6,9,12,14,17-18H,3-4,7-8,10-11H2,1-2H3. The number of aliphatic hydroxyl groups is 1. The summed E-state index contributed by atoms with van der Waals surface area (Å²) < 4.78 is 15.9. The summed E-state index contributed by atoms with van der Waals surface area (Å²) in [5.74, 6) is 1.67. The molecular formula is C16H25NO4. The largest absolute Gasteiger partial charge is 0.454 e. The zero-order chi connectivity index (χ0) is 15.1. The molecule has 118 valence electrons. The number of aryl methyl sites for hydroxylation is 1. The highest BCUT2D eigenvalue weighted by atomic mass is 16.7. The minimum Gasteiger partial charge on any atom is -0.454 e. The average Bonchev–Trinajstić information content (AvgIpc) is 2.93. The number of ether oxygens (including phenoxy) is 3. The third kappa shape index (κ3) is 4.88.